The Morgan fingerprint density at radius 1 is 1.30 bits per heavy atom. The molecule has 0 unspecified atom stereocenters. The van der Waals surface area contributed by atoms with Gasteiger partial charge >= 0.3 is 0 Å². The van der Waals surface area contributed by atoms with Crippen LogP contribution in [-0.2, 0) is 11.3 Å². The highest BCUT2D eigenvalue weighted by molar-refractivity contribution is 14.0. The Hall–Kier alpha value is -1.09. The minimum absolute atomic E-state index is 0. The average Bonchev–Trinajstić information content (AvgIpc) is 2.52. The lowest BCUT2D eigenvalue weighted by Gasteiger charge is -2.13. The molecule has 0 amide bonds. The smallest absolute Gasteiger partial charge is 0.191 e. The molecule has 0 radical (unpaired) electrons. The highest BCUT2D eigenvalue weighted by Gasteiger charge is 2.00. The molecule has 23 heavy (non-hydrogen) atoms. The van der Waals surface area contributed by atoms with Gasteiger partial charge in [0.05, 0.1) is 6.54 Å². The number of ether oxygens (including phenoxy) is 1. The molecule has 1 rings (SSSR count). The second-order valence-corrected chi connectivity index (χ2v) is 5.09. The summed E-state index contributed by atoms with van der Waals surface area (Å²) >= 11 is 0. The summed E-state index contributed by atoms with van der Waals surface area (Å²) in [7, 11) is 3.97. The maximum absolute atomic E-state index is 5.33. The first kappa shape index (κ1) is 21.9. The van der Waals surface area contributed by atoms with Crippen molar-refractivity contribution in [2.24, 2.45) is 4.99 Å². The van der Waals surface area contributed by atoms with Gasteiger partial charge in [-0.25, -0.2) is 9.98 Å². The molecule has 2 N–H and O–H groups in total. The highest BCUT2D eigenvalue weighted by atomic mass is 127. The largest absolute Gasteiger partial charge is 0.382 e. The summed E-state index contributed by atoms with van der Waals surface area (Å²) in [5, 5.41) is 6.57. The molecule has 1 aromatic heterocycles. The van der Waals surface area contributed by atoms with Crippen LogP contribution in [0.5, 0.6) is 0 Å². The Kier molecular flexibility index (Phi) is 12.7. The number of nitrogens with one attached hydrogen (secondary N) is 2. The molecule has 0 saturated carbocycles. The van der Waals surface area contributed by atoms with Gasteiger partial charge < -0.3 is 20.3 Å². The van der Waals surface area contributed by atoms with E-state index in [2.05, 4.69) is 33.6 Å². The molecule has 1 aromatic rings. The van der Waals surface area contributed by atoms with Crippen molar-refractivity contribution >= 4 is 35.8 Å². The van der Waals surface area contributed by atoms with E-state index in [1.165, 1.54) is 0 Å². The van der Waals surface area contributed by atoms with Crippen molar-refractivity contribution in [3.05, 3.63) is 23.9 Å². The van der Waals surface area contributed by atoms with E-state index in [-0.39, 0.29) is 24.0 Å². The average molecular weight is 435 g/mol. The third-order valence-corrected chi connectivity index (χ3v) is 2.99. The summed E-state index contributed by atoms with van der Waals surface area (Å²) in [6.45, 7) is 7.94. The Labute approximate surface area is 157 Å². The summed E-state index contributed by atoms with van der Waals surface area (Å²) in [6, 6.07) is 4.05. The van der Waals surface area contributed by atoms with Crippen molar-refractivity contribution in [2.75, 3.05) is 45.3 Å². The summed E-state index contributed by atoms with van der Waals surface area (Å²) in [5.74, 6) is 1.78. The molecular formula is C16H30IN5O. The maximum atomic E-state index is 5.33. The normalized spacial score (nSPS) is 10.9. The van der Waals surface area contributed by atoms with Crippen LogP contribution in [0.3, 0.4) is 0 Å². The fourth-order valence-electron chi connectivity index (χ4n) is 1.84. The quantitative estimate of drug-likeness (QED) is 0.270. The van der Waals surface area contributed by atoms with Crippen molar-refractivity contribution in [1.82, 2.24) is 15.6 Å². The number of rotatable bonds is 9. The lowest BCUT2D eigenvalue weighted by molar-refractivity contribution is 0.145. The van der Waals surface area contributed by atoms with E-state index in [0.29, 0.717) is 6.54 Å². The molecule has 0 aromatic carbocycles. The lowest BCUT2D eigenvalue weighted by atomic mass is 10.2. The third-order valence-electron chi connectivity index (χ3n) is 2.99. The SMILES string of the molecule is CCNC(=NCc1ccnc(N(C)C)c1)NCCCOCC.I. The molecule has 132 valence electrons. The fraction of sp³-hybridized carbons (Fsp3) is 0.625. The first-order chi connectivity index (χ1) is 10.7. The minimum atomic E-state index is 0. The number of hydrogen-bond donors (Lipinski definition) is 2. The van der Waals surface area contributed by atoms with Gasteiger partial charge in [-0.15, -0.1) is 24.0 Å². The Balaban J connectivity index is 0.00000484. The van der Waals surface area contributed by atoms with Crippen molar-refractivity contribution < 1.29 is 4.74 Å². The predicted molar refractivity (Wildman–Crippen MR) is 108 cm³/mol. The fourth-order valence-corrected chi connectivity index (χ4v) is 1.84. The Bertz CT molecular complexity index is 454. The third kappa shape index (κ3) is 9.60. The van der Waals surface area contributed by atoms with E-state index in [0.717, 1.165) is 50.1 Å². The molecule has 0 aliphatic heterocycles. The van der Waals surface area contributed by atoms with Crippen LogP contribution in [0, 0.1) is 0 Å². The van der Waals surface area contributed by atoms with E-state index in [4.69, 9.17) is 4.74 Å². The van der Waals surface area contributed by atoms with Gasteiger partial charge in [0.15, 0.2) is 5.96 Å². The zero-order valence-electron chi connectivity index (χ0n) is 14.6. The van der Waals surface area contributed by atoms with Crippen LogP contribution in [0.15, 0.2) is 23.3 Å². The van der Waals surface area contributed by atoms with Gasteiger partial charge in [-0.3, -0.25) is 0 Å². The molecule has 1 heterocycles. The minimum Gasteiger partial charge on any atom is -0.382 e. The van der Waals surface area contributed by atoms with E-state index >= 15 is 0 Å². The number of anilines is 1. The van der Waals surface area contributed by atoms with E-state index < -0.39 is 0 Å². The number of pyridine rings is 1. The second-order valence-electron chi connectivity index (χ2n) is 5.09. The van der Waals surface area contributed by atoms with Gasteiger partial charge in [-0.05, 0) is 38.0 Å². The Morgan fingerprint density at radius 2 is 2.09 bits per heavy atom. The monoisotopic (exact) mass is 435 g/mol. The van der Waals surface area contributed by atoms with Crippen LogP contribution in [0.1, 0.15) is 25.8 Å². The zero-order valence-corrected chi connectivity index (χ0v) is 17.0. The Morgan fingerprint density at radius 3 is 2.74 bits per heavy atom. The molecule has 7 heteroatoms. The molecule has 0 bridgehead atoms. The molecule has 0 aliphatic carbocycles. The molecule has 0 saturated heterocycles. The van der Waals surface area contributed by atoms with Crippen LogP contribution >= 0.6 is 24.0 Å². The van der Waals surface area contributed by atoms with Gasteiger partial charge in [0.25, 0.3) is 0 Å². The van der Waals surface area contributed by atoms with E-state index in [1.807, 2.05) is 38.2 Å². The summed E-state index contributed by atoms with van der Waals surface area (Å²) < 4.78 is 5.33. The van der Waals surface area contributed by atoms with Crippen molar-refractivity contribution in [3.8, 4) is 0 Å². The van der Waals surface area contributed by atoms with Crippen molar-refractivity contribution in [2.45, 2.75) is 26.8 Å². The van der Waals surface area contributed by atoms with Crippen LogP contribution in [0.2, 0.25) is 0 Å². The van der Waals surface area contributed by atoms with E-state index in [9.17, 15) is 0 Å². The maximum Gasteiger partial charge on any atom is 0.191 e. The van der Waals surface area contributed by atoms with Crippen LogP contribution in [0.25, 0.3) is 0 Å². The topological polar surface area (TPSA) is 61.8 Å². The number of aromatic nitrogens is 1. The molecule has 0 atom stereocenters. The molecule has 0 aliphatic rings. The second kappa shape index (κ2) is 13.4. The first-order valence-electron chi connectivity index (χ1n) is 7.89. The molecule has 0 fully saturated rings. The molecular weight excluding hydrogens is 405 g/mol. The van der Waals surface area contributed by atoms with Crippen LogP contribution in [-0.4, -0.2) is 51.3 Å². The predicted octanol–water partition coefficient (Wildman–Crippen LogP) is 2.25. The summed E-state index contributed by atoms with van der Waals surface area (Å²) in [5.41, 5.74) is 1.14. The summed E-state index contributed by atoms with van der Waals surface area (Å²) in [4.78, 5) is 10.9. The van der Waals surface area contributed by atoms with Gasteiger partial charge in [0.2, 0.25) is 0 Å². The zero-order chi connectivity index (χ0) is 16.2. The number of hydrogen-bond acceptors (Lipinski definition) is 4. The number of aliphatic imine (C=N–C) groups is 1. The number of guanidine groups is 1. The number of halogens is 1. The highest BCUT2D eigenvalue weighted by Crippen LogP contribution is 2.10. The molecule has 6 nitrogen and oxygen atoms in total. The van der Waals surface area contributed by atoms with Gasteiger partial charge in [0, 0.05) is 46.6 Å². The van der Waals surface area contributed by atoms with Crippen molar-refractivity contribution in [1.29, 1.82) is 0 Å². The summed E-state index contributed by atoms with van der Waals surface area (Å²) in [6.07, 6.45) is 2.79. The van der Waals surface area contributed by atoms with Gasteiger partial charge in [-0.1, -0.05) is 0 Å². The van der Waals surface area contributed by atoms with Gasteiger partial charge in [-0.2, -0.15) is 0 Å². The van der Waals surface area contributed by atoms with E-state index in [1.54, 1.807) is 0 Å². The first-order valence-corrected chi connectivity index (χ1v) is 7.89. The lowest BCUT2D eigenvalue weighted by Crippen LogP contribution is -2.38. The van der Waals surface area contributed by atoms with Crippen LogP contribution in [0.4, 0.5) is 5.82 Å². The van der Waals surface area contributed by atoms with Crippen molar-refractivity contribution in [3.63, 3.8) is 0 Å². The standard InChI is InChI=1S/C16H29N5O.HI/c1-5-17-16(19-9-7-11-22-6-2)20-13-14-8-10-18-15(12-14)21(3)4;/h8,10,12H,5-7,9,11,13H2,1-4H3,(H2,17,19,20);1H. The number of nitrogens with zero attached hydrogens (tertiary/aromatic N) is 3. The van der Waals surface area contributed by atoms with Crippen LogP contribution < -0.4 is 15.5 Å². The molecule has 0 spiro atoms. The van der Waals surface area contributed by atoms with Gasteiger partial charge in [0.1, 0.15) is 5.82 Å².